The van der Waals surface area contributed by atoms with Crippen LogP contribution >= 0.6 is 0 Å². The summed E-state index contributed by atoms with van der Waals surface area (Å²) in [5, 5.41) is 0. The first-order valence-electron chi connectivity index (χ1n) is 11.4. The number of nitrogens with zero attached hydrogens (tertiary/aromatic N) is 1. The second kappa shape index (κ2) is 8.01. The summed E-state index contributed by atoms with van der Waals surface area (Å²) in [4.78, 5) is 2.67. The molecule has 1 heterocycles. The maximum absolute atomic E-state index is 2.67. The van der Waals surface area contributed by atoms with E-state index in [1.807, 2.05) is 0 Å². The van der Waals surface area contributed by atoms with Gasteiger partial charge in [0.2, 0.25) is 0 Å². The Balaban J connectivity index is 1.64. The number of hydrogen-bond acceptors (Lipinski definition) is 1. The smallest absolute Gasteiger partial charge is 0.0683 e. The summed E-state index contributed by atoms with van der Waals surface area (Å²) in [6.45, 7) is 14.6. The molecule has 2 aromatic rings. The van der Waals surface area contributed by atoms with Crippen LogP contribution in [0.5, 0.6) is 0 Å². The van der Waals surface area contributed by atoms with E-state index in [-0.39, 0.29) is 0 Å². The highest BCUT2D eigenvalue weighted by molar-refractivity contribution is 6.81. The summed E-state index contributed by atoms with van der Waals surface area (Å²) < 4.78 is 0. The van der Waals surface area contributed by atoms with Crippen LogP contribution in [0.15, 0.2) is 84.2 Å². The van der Waals surface area contributed by atoms with Crippen LogP contribution < -0.4 is 4.90 Å². The molecule has 0 N–H and O–H groups in total. The average molecular weight is 432 g/mol. The first-order valence-corrected chi connectivity index (χ1v) is 18.6. The van der Waals surface area contributed by atoms with Crippen molar-refractivity contribution in [2.24, 2.45) is 11.8 Å². The van der Waals surface area contributed by atoms with Crippen LogP contribution in [0.2, 0.25) is 39.3 Å². The summed E-state index contributed by atoms with van der Waals surface area (Å²) in [6, 6.07) is 23.4. The summed E-state index contributed by atoms with van der Waals surface area (Å²) in [7, 11) is -2.40. The van der Waals surface area contributed by atoms with E-state index in [4.69, 9.17) is 0 Å². The lowest BCUT2D eigenvalue weighted by molar-refractivity contribution is 0.754. The summed E-state index contributed by atoms with van der Waals surface area (Å²) in [5.74, 6) is 2.03. The summed E-state index contributed by atoms with van der Waals surface area (Å²) >= 11 is 0. The highest BCUT2D eigenvalue weighted by Crippen LogP contribution is 2.63. The largest absolute Gasteiger partial charge is 0.357 e. The van der Waals surface area contributed by atoms with Gasteiger partial charge in [0.05, 0.1) is 28.2 Å². The van der Waals surface area contributed by atoms with Crippen molar-refractivity contribution in [1.82, 2.24) is 0 Å². The zero-order valence-corrected chi connectivity index (χ0v) is 21.4. The maximum atomic E-state index is 2.67. The van der Waals surface area contributed by atoms with Crippen molar-refractivity contribution in [2.75, 3.05) is 4.90 Å². The van der Waals surface area contributed by atoms with Crippen molar-refractivity contribution in [3.8, 4) is 0 Å². The molecule has 1 nitrogen and oxygen atoms in total. The van der Waals surface area contributed by atoms with Crippen LogP contribution in [0, 0.1) is 11.8 Å². The minimum Gasteiger partial charge on any atom is -0.357 e. The minimum absolute atomic E-state index is 0.542. The first kappa shape index (κ1) is 21.4. The van der Waals surface area contributed by atoms with Gasteiger partial charge >= 0.3 is 0 Å². The SMILES string of the molecule is C[Si](C)(C)/C=C/[C@H]1[C@H](c2ccccc2)[C@@H]1[C@H]1[C@H](/C=C/[Si](C)(C)C)N1c1ccccc1. The Morgan fingerprint density at radius 3 is 1.80 bits per heavy atom. The van der Waals surface area contributed by atoms with Crippen molar-refractivity contribution in [3.05, 3.63) is 89.8 Å². The molecule has 4 rings (SSSR count). The van der Waals surface area contributed by atoms with Crippen molar-refractivity contribution in [1.29, 1.82) is 0 Å². The topological polar surface area (TPSA) is 3.01 Å². The molecule has 1 saturated heterocycles. The van der Waals surface area contributed by atoms with E-state index in [0.29, 0.717) is 29.8 Å². The second-order valence-corrected chi connectivity index (χ2v) is 21.4. The highest BCUT2D eigenvalue weighted by Gasteiger charge is 2.64. The van der Waals surface area contributed by atoms with Gasteiger partial charge in [-0.3, -0.25) is 0 Å². The Morgan fingerprint density at radius 1 is 0.700 bits per heavy atom. The number of benzene rings is 2. The lowest BCUT2D eigenvalue weighted by Crippen LogP contribution is -2.16. The van der Waals surface area contributed by atoms with Gasteiger partial charge < -0.3 is 4.90 Å². The Hall–Kier alpha value is -1.85. The van der Waals surface area contributed by atoms with Crippen molar-refractivity contribution in [2.45, 2.75) is 57.3 Å². The van der Waals surface area contributed by atoms with Crippen molar-refractivity contribution >= 4 is 21.8 Å². The van der Waals surface area contributed by atoms with Gasteiger partial charge in [-0.05, 0) is 35.4 Å². The van der Waals surface area contributed by atoms with Crippen LogP contribution in [0.3, 0.4) is 0 Å². The second-order valence-electron chi connectivity index (χ2n) is 11.3. The Bertz CT molecular complexity index is 828. The quantitative estimate of drug-likeness (QED) is 0.332. The molecule has 0 amide bonds. The van der Waals surface area contributed by atoms with Gasteiger partial charge in [0.1, 0.15) is 0 Å². The predicted octanol–water partition coefficient (Wildman–Crippen LogP) is 7.14. The molecule has 2 aliphatic rings. The zero-order chi connectivity index (χ0) is 21.5. The number of para-hydroxylation sites is 1. The molecule has 2 fully saturated rings. The van der Waals surface area contributed by atoms with Gasteiger partial charge in [-0.25, -0.2) is 0 Å². The zero-order valence-electron chi connectivity index (χ0n) is 19.4. The van der Waals surface area contributed by atoms with Gasteiger partial charge in [-0.15, -0.1) is 0 Å². The number of hydrogen-bond donors (Lipinski definition) is 0. The molecular weight excluding hydrogens is 394 g/mol. The molecule has 1 saturated carbocycles. The third kappa shape index (κ3) is 4.89. The maximum Gasteiger partial charge on any atom is 0.0683 e. The summed E-state index contributed by atoms with van der Waals surface area (Å²) in [5.41, 5.74) is 8.00. The van der Waals surface area contributed by atoms with E-state index in [0.717, 1.165) is 0 Å². The fourth-order valence-corrected chi connectivity index (χ4v) is 6.36. The molecule has 2 aromatic carbocycles. The lowest BCUT2D eigenvalue weighted by atomic mass is 10.1. The number of allylic oxidation sites excluding steroid dienone is 1. The van der Waals surface area contributed by atoms with E-state index in [9.17, 15) is 0 Å². The van der Waals surface area contributed by atoms with E-state index in [1.165, 1.54) is 11.3 Å². The Kier molecular flexibility index (Phi) is 5.71. The van der Waals surface area contributed by atoms with Gasteiger partial charge in [0.15, 0.2) is 0 Å². The molecule has 1 aliphatic carbocycles. The summed E-state index contributed by atoms with van der Waals surface area (Å²) in [6.07, 6.45) is 5.11. The van der Waals surface area contributed by atoms with E-state index in [1.54, 1.807) is 0 Å². The van der Waals surface area contributed by atoms with Gasteiger partial charge in [-0.2, -0.15) is 0 Å². The van der Waals surface area contributed by atoms with Gasteiger partial charge in [-0.1, -0.05) is 111 Å². The molecule has 5 atom stereocenters. The van der Waals surface area contributed by atoms with Crippen molar-refractivity contribution < 1.29 is 0 Å². The predicted molar refractivity (Wildman–Crippen MR) is 138 cm³/mol. The fraction of sp³-hybridized carbons (Fsp3) is 0.407. The van der Waals surface area contributed by atoms with E-state index in [2.05, 4.69) is 128 Å². The minimum atomic E-state index is -1.21. The average Bonchev–Trinajstić information content (AvgIpc) is 3.57. The van der Waals surface area contributed by atoms with Crippen molar-refractivity contribution in [3.63, 3.8) is 0 Å². The third-order valence-electron chi connectivity index (χ3n) is 6.28. The fourth-order valence-electron chi connectivity index (χ4n) is 4.79. The molecule has 1 aliphatic heterocycles. The number of anilines is 1. The first-order chi connectivity index (χ1) is 14.2. The van der Waals surface area contributed by atoms with Crippen LogP contribution in [-0.2, 0) is 0 Å². The Morgan fingerprint density at radius 2 is 1.23 bits per heavy atom. The molecule has 0 radical (unpaired) electrons. The molecule has 158 valence electrons. The Labute approximate surface area is 185 Å². The normalized spacial score (nSPS) is 29.0. The highest BCUT2D eigenvalue weighted by atomic mass is 28.3. The monoisotopic (exact) mass is 431 g/mol. The van der Waals surface area contributed by atoms with Gasteiger partial charge in [0, 0.05) is 5.69 Å². The molecule has 30 heavy (non-hydrogen) atoms. The molecule has 0 bridgehead atoms. The molecule has 0 aromatic heterocycles. The van der Waals surface area contributed by atoms with E-state index < -0.39 is 16.1 Å². The van der Waals surface area contributed by atoms with Crippen LogP contribution in [-0.4, -0.2) is 28.2 Å². The number of rotatable bonds is 7. The van der Waals surface area contributed by atoms with Crippen LogP contribution in [0.1, 0.15) is 11.5 Å². The molecule has 0 unspecified atom stereocenters. The van der Waals surface area contributed by atoms with Crippen LogP contribution in [0.4, 0.5) is 5.69 Å². The molecule has 3 heteroatoms. The lowest BCUT2D eigenvalue weighted by Gasteiger charge is -2.08. The van der Waals surface area contributed by atoms with E-state index >= 15 is 0 Å². The molecule has 0 spiro atoms. The van der Waals surface area contributed by atoms with Gasteiger partial charge in [0.25, 0.3) is 0 Å². The molecular formula is C27H37NSi2. The third-order valence-corrected chi connectivity index (χ3v) is 8.67. The standard InChI is InChI=1S/C27H37NSi2/c1-29(2,3)19-17-23-25(21-13-9-7-10-14-21)26(23)27-24(18-20-30(4,5)6)28(27)22-15-11-8-12-16-22/h7-20,23-27H,1-6H3/b19-17+,20-18+/t23-,24-,25-,26+,27+,28?/m0/s1. The van der Waals surface area contributed by atoms with Crippen LogP contribution in [0.25, 0.3) is 0 Å².